The summed E-state index contributed by atoms with van der Waals surface area (Å²) in [6, 6.07) is 12.7. The van der Waals surface area contributed by atoms with E-state index in [1.165, 1.54) is 18.2 Å². The fraction of sp³-hybridized carbons (Fsp3) is 0.318. The van der Waals surface area contributed by atoms with Crippen molar-refractivity contribution in [1.29, 1.82) is 0 Å². The van der Waals surface area contributed by atoms with E-state index in [9.17, 15) is 18.8 Å². The average Bonchev–Trinajstić information content (AvgIpc) is 3.26. The number of nitrogens with one attached hydrogen (secondary N) is 1. The van der Waals surface area contributed by atoms with Gasteiger partial charge in [0.15, 0.2) is 0 Å². The monoisotopic (exact) mass is 396 g/mol. The van der Waals surface area contributed by atoms with Crippen molar-refractivity contribution in [2.45, 2.75) is 31.3 Å². The molecule has 1 saturated heterocycles. The second-order valence-corrected chi connectivity index (χ2v) is 7.30. The summed E-state index contributed by atoms with van der Waals surface area (Å²) in [4.78, 5) is 39.8. The Labute approximate surface area is 167 Å². The molecule has 0 spiro atoms. The van der Waals surface area contributed by atoms with E-state index < -0.39 is 29.7 Å². The van der Waals surface area contributed by atoms with Gasteiger partial charge in [-0.15, -0.1) is 0 Å². The minimum Gasteiger partial charge on any atom is -0.447 e. The quantitative estimate of drug-likeness (QED) is 0.806. The standard InChI is InChI=1S/C22H21FN2O4/c23-15-8-9-16-17(13-19(26)24-18(16)12-15)22(28)29-20(14-6-2-1-3-7-14)21(27)25-10-4-5-11-25/h1-3,6-9,12,17,20H,4-5,10-11,13H2,(H,24,26). The number of carbonyl (C=O) groups excluding carboxylic acids is 3. The molecule has 0 saturated carbocycles. The zero-order valence-corrected chi connectivity index (χ0v) is 15.8. The lowest BCUT2D eigenvalue weighted by molar-refractivity contribution is -0.162. The summed E-state index contributed by atoms with van der Waals surface area (Å²) >= 11 is 0. The Morgan fingerprint density at radius 2 is 1.83 bits per heavy atom. The highest BCUT2D eigenvalue weighted by atomic mass is 19.1. The van der Waals surface area contributed by atoms with E-state index in [1.807, 2.05) is 6.07 Å². The van der Waals surface area contributed by atoms with E-state index in [2.05, 4.69) is 5.32 Å². The molecule has 1 N–H and O–H groups in total. The van der Waals surface area contributed by atoms with Crippen molar-refractivity contribution < 1.29 is 23.5 Å². The predicted octanol–water partition coefficient (Wildman–Crippen LogP) is 3.16. The van der Waals surface area contributed by atoms with Crippen molar-refractivity contribution in [2.75, 3.05) is 18.4 Å². The summed E-state index contributed by atoms with van der Waals surface area (Å²) in [5.74, 6) is -2.73. The first-order valence-corrected chi connectivity index (χ1v) is 9.66. The van der Waals surface area contributed by atoms with Crippen LogP contribution in [0.25, 0.3) is 0 Å². The first-order valence-electron chi connectivity index (χ1n) is 9.66. The lowest BCUT2D eigenvalue weighted by Crippen LogP contribution is -2.36. The number of esters is 1. The number of amides is 2. The van der Waals surface area contributed by atoms with E-state index in [0.717, 1.165) is 12.8 Å². The molecule has 4 rings (SSSR count). The Morgan fingerprint density at radius 1 is 1.10 bits per heavy atom. The molecule has 29 heavy (non-hydrogen) atoms. The Kier molecular flexibility index (Phi) is 5.29. The molecular weight excluding hydrogens is 375 g/mol. The molecule has 2 aromatic rings. The number of rotatable bonds is 4. The molecule has 2 aromatic carbocycles. The minimum atomic E-state index is -1.07. The smallest absolute Gasteiger partial charge is 0.315 e. The van der Waals surface area contributed by atoms with Crippen LogP contribution in [0.3, 0.4) is 0 Å². The van der Waals surface area contributed by atoms with Gasteiger partial charge in [-0.25, -0.2) is 4.39 Å². The molecule has 2 amide bonds. The topological polar surface area (TPSA) is 75.7 Å². The third kappa shape index (κ3) is 3.99. The molecule has 6 nitrogen and oxygen atoms in total. The SMILES string of the molecule is O=C1CC(C(=O)OC(C(=O)N2CCCC2)c2ccccc2)c2ccc(F)cc2N1. The highest BCUT2D eigenvalue weighted by Crippen LogP contribution is 2.35. The van der Waals surface area contributed by atoms with Gasteiger partial charge in [-0.1, -0.05) is 36.4 Å². The number of likely N-dealkylation sites (tertiary alicyclic amines) is 1. The first kappa shape index (κ1) is 19.1. The van der Waals surface area contributed by atoms with Gasteiger partial charge in [-0.05, 0) is 30.5 Å². The third-order valence-electron chi connectivity index (χ3n) is 5.32. The summed E-state index contributed by atoms with van der Waals surface area (Å²) in [5.41, 5.74) is 1.32. The highest BCUT2D eigenvalue weighted by Gasteiger charge is 2.37. The van der Waals surface area contributed by atoms with E-state index in [4.69, 9.17) is 4.74 Å². The largest absolute Gasteiger partial charge is 0.447 e. The fourth-order valence-electron chi connectivity index (χ4n) is 3.84. The number of hydrogen-bond acceptors (Lipinski definition) is 4. The van der Waals surface area contributed by atoms with Gasteiger partial charge in [0.2, 0.25) is 12.0 Å². The molecule has 0 bridgehead atoms. The van der Waals surface area contributed by atoms with Crippen molar-refractivity contribution in [3.05, 3.63) is 65.5 Å². The fourth-order valence-corrected chi connectivity index (χ4v) is 3.84. The number of fused-ring (bicyclic) bond motifs is 1. The van der Waals surface area contributed by atoms with Crippen LogP contribution in [-0.4, -0.2) is 35.8 Å². The summed E-state index contributed by atoms with van der Waals surface area (Å²) in [6.07, 6.45) is 0.652. The van der Waals surface area contributed by atoms with Gasteiger partial charge in [0.25, 0.3) is 5.91 Å². The van der Waals surface area contributed by atoms with Crippen LogP contribution in [0, 0.1) is 5.82 Å². The summed E-state index contributed by atoms with van der Waals surface area (Å²) in [7, 11) is 0. The number of benzene rings is 2. The lowest BCUT2D eigenvalue weighted by Gasteiger charge is -2.28. The van der Waals surface area contributed by atoms with Crippen LogP contribution < -0.4 is 5.32 Å². The molecule has 2 aliphatic heterocycles. The Hall–Kier alpha value is -3.22. The van der Waals surface area contributed by atoms with Crippen molar-refractivity contribution in [3.63, 3.8) is 0 Å². The maximum absolute atomic E-state index is 13.5. The number of halogens is 1. The van der Waals surface area contributed by atoms with Gasteiger partial charge in [0, 0.05) is 30.8 Å². The second-order valence-electron chi connectivity index (χ2n) is 7.30. The predicted molar refractivity (Wildman–Crippen MR) is 103 cm³/mol. The van der Waals surface area contributed by atoms with Gasteiger partial charge in [0.1, 0.15) is 5.82 Å². The second kappa shape index (κ2) is 8.03. The van der Waals surface area contributed by atoms with Crippen LogP contribution in [0.15, 0.2) is 48.5 Å². The molecule has 0 aliphatic carbocycles. The number of ether oxygens (including phenoxy) is 1. The van der Waals surface area contributed by atoms with Gasteiger partial charge in [0.05, 0.1) is 5.92 Å². The third-order valence-corrected chi connectivity index (χ3v) is 5.32. The van der Waals surface area contributed by atoms with Crippen LogP contribution in [-0.2, 0) is 19.1 Å². The molecule has 0 radical (unpaired) electrons. The van der Waals surface area contributed by atoms with E-state index in [1.54, 1.807) is 29.2 Å². The maximum Gasteiger partial charge on any atom is 0.315 e. The Morgan fingerprint density at radius 3 is 2.55 bits per heavy atom. The summed E-state index contributed by atoms with van der Waals surface area (Å²) in [5, 5.41) is 2.58. The summed E-state index contributed by atoms with van der Waals surface area (Å²) < 4.78 is 19.2. The lowest BCUT2D eigenvalue weighted by atomic mass is 9.90. The highest BCUT2D eigenvalue weighted by molar-refractivity contribution is 6.00. The van der Waals surface area contributed by atoms with Crippen LogP contribution in [0.2, 0.25) is 0 Å². The average molecular weight is 396 g/mol. The molecule has 7 heteroatoms. The molecule has 2 atom stereocenters. The zero-order chi connectivity index (χ0) is 20.4. The van der Waals surface area contributed by atoms with Gasteiger partial charge < -0.3 is 15.0 Å². The van der Waals surface area contributed by atoms with E-state index >= 15 is 0 Å². The Bertz CT molecular complexity index is 941. The van der Waals surface area contributed by atoms with Crippen LogP contribution in [0.4, 0.5) is 10.1 Å². The van der Waals surface area contributed by atoms with Crippen molar-refractivity contribution in [2.24, 2.45) is 0 Å². The van der Waals surface area contributed by atoms with Gasteiger partial charge in [-0.3, -0.25) is 14.4 Å². The van der Waals surface area contributed by atoms with Crippen LogP contribution in [0.5, 0.6) is 0 Å². The molecule has 2 aliphatic rings. The number of carbonyl (C=O) groups is 3. The summed E-state index contributed by atoms with van der Waals surface area (Å²) in [6.45, 7) is 1.27. The molecule has 1 fully saturated rings. The molecule has 150 valence electrons. The van der Waals surface area contributed by atoms with Crippen LogP contribution >= 0.6 is 0 Å². The van der Waals surface area contributed by atoms with Gasteiger partial charge in [-0.2, -0.15) is 0 Å². The van der Waals surface area contributed by atoms with Crippen molar-refractivity contribution >= 4 is 23.5 Å². The number of nitrogens with zero attached hydrogens (tertiary/aromatic N) is 1. The van der Waals surface area contributed by atoms with Crippen molar-refractivity contribution in [1.82, 2.24) is 4.90 Å². The van der Waals surface area contributed by atoms with Crippen LogP contribution in [0.1, 0.15) is 42.4 Å². The zero-order valence-electron chi connectivity index (χ0n) is 15.8. The van der Waals surface area contributed by atoms with E-state index in [-0.39, 0.29) is 18.0 Å². The Balaban J connectivity index is 1.62. The molecule has 2 unspecified atom stereocenters. The number of hydrogen-bond donors (Lipinski definition) is 1. The first-order chi connectivity index (χ1) is 14.0. The normalized spacial score (nSPS) is 19.3. The van der Waals surface area contributed by atoms with Gasteiger partial charge >= 0.3 is 5.97 Å². The van der Waals surface area contributed by atoms with Crippen molar-refractivity contribution in [3.8, 4) is 0 Å². The molecule has 2 heterocycles. The maximum atomic E-state index is 13.5. The van der Waals surface area contributed by atoms with E-state index in [0.29, 0.717) is 24.2 Å². The molecular formula is C22H21FN2O4. The minimum absolute atomic E-state index is 0.114. The number of anilines is 1. The molecule has 0 aromatic heterocycles.